The van der Waals surface area contributed by atoms with Gasteiger partial charge in [-0.3, -0.25) is 0 Å². The maximum atomic E-state index is 11.5. The summed E-state index contributed by atoms with van der Waals surface area (Å²) in [4.78, 5) is 19.5. The Balaban J connectivity index is 2.05. The van der Waals surface area contributed by atoms with Gasteiger partial charge in [0.05, 0.1) is 12.3 Å². The van der Waals surface area contributed by atoms with Gasteiger partial charge in [0, 0.05) is 13.0 Å². The van der Waals surface area contributed by atoms with Crippen LogP contribution in [0.5, 0.6) is 0 Å². The van der Waals surface area contributed by atoms with Gasteiger partial charge in [-0.15, -0.1) is 0 Å². The average molecular weight is 264 g/mol. The standard InChI is InChI=1S/C11H12N4O4/c1-6-7-8(12-5-13-9(7)19-15-6)14-11(10(16)17)2-3-18-4-11/h5H,2-4H2,1H3,(H,16,17)(H,12,13,14). The van der Waals surface area contributed by atoms with Gasteiger partial charge in [-0.1, -0.05) is 5.16 Å². The Labute approximate surface area is 107 Å². The van der Waals surface area contributed by atoms with Crippen molar-refractivity contribution < 1.29 is 19.2 Å². The number of hydrogen-bond donors (Lipinski definition) is 2. The van der Waals surface area contributed by atoms with E-state index in [2.05, 4.69) is 20.4 Å². The largest absolute Gasteiger partial charge is 0.479 e. The first kappa shape index (κ1) is 11.8. The van der Waals surface area contributed by atoms with Crippen LogP contribution < -0.4 is 5.32 Å². The topological polar surface area (TPSA) is 110 Å². The Hall–Kier alpha value is -2.22. The lowest BCUT2D eigenvalue weighted by molar-refractivity contribution is -0.142. The van der Waals surface area contributed by atoms with Gasteiger partial charge in [-0.05, 0) is 6.92 Å². The van der Waals surface area contributed by atoms with E-state index in [4.69, 9.17) is 9.26 Å². The second-order valence-electron chi connectivity index (χ2n) is 4.49. The molecule has 0 saturated carbocycles. The second-order valence-corrected chi connectivity index (χ2v) is 4.49. The summed E-state index contributed by atoms with van der Waals surface area (Å²) in [5, 5.41) is 16.7. The Morgan fingerprint density at radius 3 is 3.05 bits per heavy atom. The zero-order chi connectivity index (χ0) is 13.5. The van der Waals surface area contributed by atoms with Crippen LogP contribution in [-0.2, 0) is 9.53 Å². The van der Waals surface area contributed by atoms with Crippen molar-refractivity contribution in [2.45, 2.75) is 18.9 Å². The molecule has 1 saturated heterocycles. The third-order valence-corrected chi connectivity index (χ3v) is 3.23. The Morgan fingerprint density at radius 2 is 2.37 bits per heavy atom. The van der Waals surface area contributed by atoms with E-state index in [1.165, 1.54) is 6.33 Å². The van der Waals surface area contributed by atoms with Gasteiger partial charge in [0.1, 0.15) is 17.5 Å². The number of nitrogens with one attached hydrogen (secondary N) is 1. The molecule has 2 N–H and O–H groups in total. The highest BCUT2D eigenvalue weighted by Crippen LogP contribution is 2.29. The lowest BCUT2D eigenvalue weighted by Gasteiger charge is -2.24. The summed E-state index contributed by atoms with van der Waals surface area (Å²) in [5.74, 6) is -0.567. The van der Waals surface area contributed by atoms with Crippen molar-refractivity contribution in [2.24, 2.45) is 0 Å². The number of rotatable bonds is 3. The predicted octanol–water partition coefficient (Wildman–Crippen LogP) is 0.582. The quantitative estimate of drug-likeness (QED) is 0.828. The van der Waals surface area contributed by atoms with Gasteiger partial charge in [0.15, 0.2) is 5.54 Å². The molecule has 8 nitrogen and oxygen atoms in total. The van der Waals surface area contributed by atoms with E-state index < -0.39 is 11.5 Å². The molecular weight excluding hydrogens is 252 g/mol. The molecule has 0 spiro atoms. The summed E-state index contributed by atoms with van der Waals surface area (Å²) in [6.45, 7) is 2.24. The second kappa shape index (κ2) is 4.16. The summed E-state index contributed by atoms with van der Waals surface area (Å²) >= 11 is 0. The lowest BCUT2D eigenvalue weighted by Crippen LogP contribution is -2.47. The number of anilines is 1. The number of hydrogen-bond acceptors (Lipinski definition) is 7. The SMILES string of the molecule is Cc1noc2ncnc(NC3(C(=O)O)CCOC3)c12. The molecule has 3 heterocycles. The van der Waals surface area contributed by atoms with Crippen molar-refractivity contribution in [3.8, 4) is 0 Å². The van der Waals surface area contributed by atoms with E-state index in [0.717, 1.165) is 0 Å². The van der Waals surface area contributed by atoms with E-state index in [-0.39, 0.29) is 6.61 Å². The van der Waals surface area contributed by atoms with Crippen LogP contribution in [0.3, 0.4) is 0 Å². The molecule has 1 aliphatic rings. The van der Waals surface area contributed by atoms with Gasteiger partial charge in [0.2, 0.25) is 0 Å². The van der Waals surface area contributed by atoms with Crippen molar-refractivity contribution in [1.82, 2.24) is 15.1 Å². The molecule has 8 heteroatoms. The van der Waals surface area contributed by atoms with Crippen LogP contribution in [0.1, 0.15) is 12.1 Å². The maximum absolute atomic E-state index is 11.5. The number of aromatic nitrogens is 3. The molecule has 100 valence electrons. The molecule has 1 atom stereocenters. The first-order valence-electron chi connectivity index (χ1n) is 5.79. The molecule has 0 amide bonds. The fourth-order valence-corrected chi connectivity index (χ4v) is 2.13. The number of nitrogens with zero attached hydrogens (tertiary/aromatic N) is 3. The molecule has 0 aromatic carbocycles. The van der Waals surface area contributed by atoms with E-state index in [0.29, 0.717) is 35.6 Å². The van der Waals surface area contributed by atoms with Gasteiger partial charge < -0.3 is 19.7 Å². The van der Waals surface area contributed by atoms with Crippen LogP contribution in [0.2, 0.25) is 0 Å². The Bertz CT molecular complexity index is 633. The van der Waals surface area contributed by atoms with Crippen molar-refractivity contribution in [2.75, 3.05) is 18.5 Å². The Morgan fingerprint density at radius 1 is 1.53 bits per heavy atom. The molecule has 2 aromatic heterocycles. The van der Waals surface area contributed by atoms with Crippen LogP contribution in [0.15, 0.2) is 10.9 Å². The van der Waals surface area contributed by atoms with Gasteiger partial charge in [0.25, 0.3) is 5.71 Å². The normalized spacial score (nSPS) is 22.8. The zero-order valence-corrected chi connectivity index (χ0v) is 10.2. The number of fused-ring (bicyclic) bond motifs is 1. The molecule has 1 fully saturated rings. The molecule has 19 heavy (non-hydrogen) atoms. The number of carboxylic acids is 1. The zero-order valence-electron chi connectivity index (χ0n) is 10.2. The number of aryl methyl sites for hydroxylation is 1. The Kier molecular flexibility index (Phi) is 2.59. The number of ether oxygens (including phenoxy) is 1. The smallest absolute Gasteiger partial charge is 0.331 e. The third-order valence-electron chi connectivity index (χ3n) is 3.23. The lowest BCUT2D eigenvalue weighted by atomic mass is 9.99. The van der Waals surface area contributed by atoms with Crippen LogP contribution >= 0.6 is 0 Å². The van der Waals surface area contributed by atoms with Crippen molar-refractivity contribution >= 4 is 22.9 Å². The van der Waals surface area contributed by atoms with Gasteiger partial charge in [-0.25, -0.2) is 9.78 Å². The monoisotopic (exact) mass is 264 g/mol. The fourth-order valence-electron chi connectivity index (χ4n) is 2.13. The molecule has 0 aliphatic carbocycles. The minimum Gasteiger partial charge on any atom is -0.479 e. The van der Waals surface area contributed by atoms with Gasteiger partial charge >= 0.3 is 5.97 Å². The number of aliphatic carboxylic acids is 1. The van der Waals surface area contributed by atoms with Crippen molar-refractivity contribution in [1.29, 1.82) is 0 Å². The first-order valence-corrected chi connectivity index (χ1v) is 5.79. The highest BCUT2D eigenvalue weighted by Gasteiger charge is 2.43. The van der Waals surface area contributed by atoms with Crippen LogP contribution in [-0.4, -0.2) is 45.0 Å². The minimum atomic E-state index is -1.16. The summed E-state index contributed by atoms with van der Waals surface area (Å²) in [7, 11) is 0. The molecular formula is C11H12N4O4. The highest BCUT2D eigenvalue weighted by atomic mass is 16.5. The van der Waals surface area contributed by atoms with Crippen molar-refractivity contribution in [3.63, 3.8) is 0 Å². The molecule has 0 radical (unpaired) electrons. The summed E-state index contributed by atoms with van der Waals surface area (Å²) < 4.78 is 10.2. The predicted molar refractivity (Wildman–Crippen MR) is 63.8 cm³/mol. The van der Waals surface area contributed by atoms with E-state index >= 15 is 0 Å². The van der Waals surface area contributed by atoms with Gasteiger partial charge in [-0.2, -0.15) is 4.98 Å². The highest BCUT2D eigenvalue weighted by molar-refractivity contribution is 5.91. The molecule has 3 rings (SSSR count). The number of carboxylic acid groups (broad SMARTS) is 1. The first-order chi connectivity index (χ1) is 9.12. The molecule has 1 aliphatic heterocycles. The van der Waals surface area contributed by atoms with E-state index in [1.54, 1.807) is 6.92 Å². The van der Waals surface area contributed by atoms with Crippen molar-refractivity contribution in [3.05, 3.63) is 12.0 Å². The van der Waals surface area contributed by atoms with E-state index in [9.17, 15) is 9.90 Å². The summed E-state index contributed by atoms with van der Waals surface area (Å²) in [6, 6.07) is 0. The average Bonchev–Trinajstić information content (AvgIpc) is 2.99. The maximum Gasteiger partial charge on any atom is 0.331 e. The molecule has 2 aromatic rings. The summed E-state index contributed by atoms with van der Waals surface area (Å²) in [5.41, 5.74) is -0.225. The van der Waals surface area contributed by atoms with Crippen LogP contribution in [0.25, 0.3) is 11.1 Å². The van der Waals surface area contributed by atoms with Crippen LogP contribution in [0.4, 0.5) is 5.82 Å². The third kappa shape index (κ3) is 1.80. The molecule has 0 bridgehead atoms. The number of carbonyl (C=O) groups is 1. The fraction of sp³-hybridized carbons (Fsp3) is 0.455. The minimum absolute atomic E-state index is 0.0954. The molecule has 1 unspecified atom stereocenters. The van der Waals surface area contributed by atoms with E-state index in [1.807, 2.05) is 0 Å². The summed E-state index contributed by atoms with van der Waals surface area (Å²) in [6.07, 6.45) is 1.68. The van der Waals surface area contributed by atoms with Crippen LogP contribution in [0, 0.1) is 6.92 Å².